The predicted molar refractivity (Wildman–Crippen MR) is 128 cm³/mol. The van der Waals surface area contributed by atoms with Crippen molar-refractivity contribution >= 4 is 39.0 Å². The van der Waals surface area contributed by atoms with Crippen molar-refractivity contribution < 1.29 is 0 Å². The average Bonchev–Trinajstić information content (AvgIpc) is 2.69. The van der Waals surface area contributed by atoms with Crippen LogP contribution in [0.15, 0.2) is 72.8 Å². The monoisotopic (exact) mass is 479 g/mol. The van der Waals surface area contributed by atoms with Crippen LogP contribution in [-0.2, 0) is 0 Å². The fourth-order valence-electron chi connectivity index (χ4n) is 3.44. The first-order chi connectivity index (χ1) is 13.3. The van der Waals surface area contributed by atoms with Gasteiger partial charge in [0.25, 0.3) is 0 Å². The second kappa shape index (κ2) is 8.73. The molecule has 3 rings (SSSR count). The van der Waals surface area contributed by atoms with Crippen molar-refractivity contribution in [1.29, 1.82) is 0 Å². The molecule has 1 unspecified atom stereocenters. The molecule has 0 aromatic heterocycles. The summed E-state index contributed by atoms with van der Waals surface area (Å²) in [4.78, 5) is 9.76. The van der Waals surface area contributed by atoms with E-state index < -0.39 is 18.4 Å². The van der Waals surface area contributed by atoms with Gasteiger partial charge in [-0.05, 0) is 0 Å². The van der Waals surface area contributed by atoms with Crippen molar-refractivity contribution in [2.24, 2.45) is 0 Å². The Kier molecular flexibility index (Phi) is 6.54. The summed E-state index contributed by atoms with van der Waals surface area (Å²) >= 11 is -2.05. The Bertz CT molecular complexity index is 887. The minimum absolute atomic E-state index is 0.598. The number of hydrogen-bond acceptors (Lipinski definition) is 1. The van der Waals surface area contributed by atoms with Gasteiger partial charge in [0.05, 0.1) is 0 Å². The normalized spacial score (nSPS) is 12.6. The SMILES string of the molecule is CCC(C)c1ccc(N(c2ccc(C)cc2)c2cc[c]([Sn]([CH3])([CH3])[CH3])cc2)cc1. The Labute approximate surface area is 175 Å². The van der Waals surface area contributed by atoms with Crippen LogP contribution in [0.1, 0.15) is 37.3 Å². The molecule has 0 fully saturated rings. The van der Waals surface area contributed by atoms with Crippen LogP contribution in [0.4, 0.5) is 17.1 Å². The van der Waals surface area contributed by atoms with E-state index in [2.05, 4.69) is 113 Å². The van der Waals surface area contributed by atoms with Crippen molar-refractivity contribution in [2.45, 2.75) is 47.9 Å². The molecule has 0 aliphatic rings. The zero-order valence-corrected chi connectivity index (χ0v) is 21.0. The van der Waals surface area contributed by atoms with Gasteiger partial charge in [-0.1, -0.05) is 0 Å². The van der Waals surface area contributed by atoms with Crippen LogP contribution in [0, 0.1) is 6.92 Å². The van der Waals surface area contributed by atoms with Crippen molar-refractivity contribution in [3.05, 3.63) is 83.9 Å². The van der Waals surface area contributed by atoms with Gasteiger partial charge in [0.15, 0.2) is 0 Å². The first-order valence-corrected chi connectivity index (χ1v) is 20.4. The summed E-state index contributed by atoms with van der Waals surface area (Å²) in [6, 6.07) is 27.2. The minimum atomic E-state index is -2.05. The van der Waals surface area contributed by atoms with Crippen molar-refractivity contribution in [2.75, 3.05) is 4.90 Å². The van der Waals surface area contributed by atoms with E-state index in [1.807, 2.05) is 0 Å². The van der Waals surface area contributed by atoms with Crippen LogP contribution < -0.4 is 8.48 Å². The van der Waals surface area contributed by atoms with Crippen LogP contribution in [0.5, 0.6) is 0 Å². The molecule has 0 saturated carbocycles. The Hall–Kier alpha value is -1.74. The zero-order valence-electron chi connectivity index (χ0n) is 18.2. The topological polar surface area (TPSA) is 3.24 Å². The van der Waals surface area contributed by atoms with Gasteiger partial charge >= 0.3 is 176 Å². The zero-order chi connectivity index (χ0) is 20.3. The Morgan fingerprint density at radius 1 is 0.714 bits per heavy atom. The molecule has 1 nitrogen and oxygen atoms in total. The molecule has 0 N–H and O–H groups in total. The molecular formula is C26H33NSn. The third-order valence-corrected chi connectivity index (χ3v) is 11.5. The van der Waals surface area contributed by atoms with E-state index in [0.717, 1.165) is 0 Å². The second-order valence-electron chi connectivity index (χ2n) is 8.87. The van der Waals surface area contributed by atoms with Gasteiger partial charge < -0.3 is 0 Å². The summed E-state index contributed by atoms with van der Waals surface area (Å²) in [5.74, 6) is 0.598. The first kappa shape index (κ1) is 21.0. The Balaban J connectivity index is 2.04. The second-order valence-corrected chi connectivity index (χ2v) is 23.4. The average molecular weight is 478 g/mol. The van der Waals surface area contributed by atoms with E-state index in [1.54, 1.807) is 3.58 Å². The predicted octanol–water partition coefficient (Wildman–Crippen LogP) is 7.52. The summed E-state index contributed by atoms with van der Waals surface area (Å²) in [7, 11) is 0. The summed E-state index contributed by atoms with van der Waals surface area (Å²) in [5, 5.41) is 0. The van der Waals surface area contributed by atoms with E-state index in [9.17, 15) is 0 Å². The van der Waals surface area contributed by atoms with Crippen LogP contribution in [0.3, 0.4) is 0 Å². The van der Waals surface area contributed by atoms with Gasteiger partial charge in [0.1, 0.15) is 0 Å². The molecule has 28 heavy (non-hydrogen) atoms. The van der Waals surface area contributed by atoms with E-state index in [1.165, 1.54) is 34.6 Å². The van der Waals surface area contributed by atoms with Crippen LogP contribution in [0.2, 0.25) is 14.8 Å². The van der Waals surface area contributed by atoms with Crippen LogP contribution in [-0.4, -0.2) is 18.4 Å². The molecule has 0 aliphatic carbocycles. The molecule has 0 saturated heterocycles. The summed E-state index contributed by atoms with van der Waals surface area (Å²) in [6.07, 6.45) is 1.17. The van der Waals surface area contributed by atoms with Crippen LogP contribution >= 0.6 is 0 Å². The third kappa shape index (κ3) is 4.81. The molecule has 3 aromatic carbocycles. The molecule has 2 heteroatoms. The first-order valence-electron chi connectivity index (χ1n) is 10.4. The summed E-state index contributed by atoms with van der Waals surface area (Å²) in [5.41, 5.74) is 6.33. The van der Waals surface area contributed by atoms with Gasteiger partial charge in [0, 0.05) is 0 Å². The van der Waals surface area contributed by atoms with Gasteiger partial charge in [-0.3, -0.25) is 0 Å². The fraction of sp³-hybridized carbons (Fsp3) is 0.308. The molecular weight excluding hydrogens is 445 g/mol. The quantitative estimate of drug-likeness (QED) is 0.331. The number of anilines is 3. The molecule has 0 amide bonds. The molecule has 1 atom stereocenters. The van der Waals surface area contributed by atoms with E-state index in [-0.39, 0.29) is 0 Å². The van der Waals surface area contributed by atoms with Gasteiger partial charge in [-0.15, -0.1) is 0 Å². The van der Waals surface area contributed by atoms with E-state index >= 15 is 0 Å². The molecule has 0 aliphatic heterocycles. The number of hydrogen-bond donors (Lipinski definition) is 0. The van der Waals surface area contributed by atoms with Gasteiger partial charge in [0.2, 0.25) is 0 Å². The van der Waals surface area contributed by atoms with Crippen LogP contribution in [0.25, 0.3) is 0 Å². The maximum atomic E-state index is 2.47. The molecule has 3 aromatic rings. The standard InChI is InChI=1S/C23H24N.3CH3.Sn/c1-4-19(3)20-12-16-23(17-13-20)24(21-8-6-5-7-9-21)22-14-10-18(2)11-15-22;;;;/h6-17,19H,4H2,1-3H3;3*1H3;. The van der Waals surface area contributed by atoms with Crippen molar-refractivity contribution in [3.8, 4) is 0 Å². The molecule has 146 valence electrons. The maximum absolute atomic E-state index is 2.47. The third-order valence-electron chi connectivity index (χ3n) is 5.62. The van der Waals surface area contributed by atoms with E-state index in [0.29, 0.717) is 5.92 Å². The molecule has 0 bridgehead atoms. The number of rotatable bonds is 6. The number of aryl methyl sites for hydroxylation is 1. The Morgan fingerprint density at radius 3 is 1.57 bits per heavy atom. The summed E-state index contributed by atoms with van der Waals surface area (Å²) in [6.45, 7) is 6.68. The number of benzene rings is 3. The van der Waals surface area contributed by atoms with Crippen molar-refractivity contribution in [1.82, 2.24) is 0 Å². The van der Waals surface area contributed by atoms with E-state index in [4.69, 9.17) is 0 Å². The Morgan fingerprint density at radius 2 is 1.14 bits per heavy atom. The fourth-order valence-corrected chi connectivity index (χ4v) is 6.77. The summed E-state index contributed by atoms with van der Waals surface area (Å²) < 4.78 is 1.56. The molecule has 0 radical (unpaired) electrons. The molecule has 0 heterocycles. The van der Waals surface area contributed by atoms with Gasteiger partial charge in [-0.25, -0.2) is 0 Å². The number of nitrogens with zero attached hydrogens (tertiary/aromatic N) is 1. The molecule has 0 spiro atoms. The van der Waals surface area contributed by atoms with Crippen molar-refractivity contribution in [3.63, 3.8) is 0 Å². The van der Waals surface area contributed by atoms with Gasteiger partial charge in [-0.2, -0.15) is 0 Å².